The molecule has 1 unspecified atom stereocenters. The van der Waals surface area contributed by atoms with Crippen molar-refractivity contribution in [3.05, 3.63) is 58.9 Å². The molecule has 174 valence electrons. The monoisotopic (exact) mass is 474 g/mol. The van der Waals surface area contributed by atoms with Gasteiger partial charge in [0.1, 0.15) is 6.67 Å². The Morgan fingerprint density at radius 1 is 1.09 bits per heavy atom. The van der Waals surface area contributed by atoms with Crippen molar-refractivity contribution in [2.45, 2.75) is 43.4 Å². The Hall–Kier alpha value is -2.50. The fraction of sp³-hybridized carbons (Fsp3) is 0.381. The molecular formula is C21H22F4N2O4S. The van der Waals surface area contributed by atoms with Crippen molar-refractivity contribution in [2.24, 2.45) is 0 Å². The Bertz CT molecular complexity index is 1090. The van der Waals surface area contributed by atoms with Gasteiger partial charge in [-0.05, 0) is 25.0 Å². The second-order valence-electron chi connectivity index (χ2n) is 7.53. The lowest BCUT2D eigenvalue weighted by atomic mass is 10.1. The zero-order valence-electron chi connectivity index (χ0n) is 17.0. The van der Waals surface area contributed by atoms with Gasteiger partial charge < -0.3 is 10.4 Å². The summed E-state index contributed by atoms with van der Waals surface area (Å²) in [4.78, 5) is 12.1. The number of β-amino-alcohol motifs (C(OH)–C–C–N with tert-alkyl or cyclic N) is 1. The van der Waals surface area contributed by atoms with Gasteiger partial charge in [-0.1, -0.05) is 18.9 Å². The maximum atomic E-state index is 13.6. The van der Waals surface area contributed by atoms with Crippen molar-refractivity contribution < 1.29 is 35.9 Å². The van der Waals surface area contributed by atoms with Crippen LogP contribution in [0.25, 0.3) is 0 Å². The number of anilines is 1. The Morgan fingerprint density at radius 3 is 2.44 bits per heavy atom. The molecule has 1 amide bonds. The summed E-state index contributed by atoms with van der Waals surface area (Å²) in [6, 6.07) is 4.42. The molecule has 0 bridgehead atoms. The van der Waals surface area contributed by atoms with Crippen LogP contribution in [-0.4, -0.2) is 42.9 Å². The number of nitrogens with zero attached hydrogens (tertiary/aromatic N) is 1. The average Bonchev–Trinajstić information content (AvgIpc) is 2.73. The lowest BCUT2D eigenvalue weighted by Gasteiger charge is -2.27. The number of halogens is 4. The molecule has 3 rings (SSSR count). The smallest absolute Gasteiger partial charge is 0.255 e. The SMILES string of the molecule is O=C(Nc1cc(F)c(F)c(F)c1)c1ccc(CF)c(S(=O)(=O)N2CCCCCC(O)C2)c1. The first-order chi connectivity index (χ1) is 15.1. The first-order valence-corrected chi connectivity index (χ1v) is 11.4. The van der Waals surface area contributed by atoms with E-state index in [1.165, 1.54) is 6.07 Å². The minimum Gasteiger partial charge on any atom is -0.392 e. The van der Waals surface area contributed by atoms with E-state index in [-0.39, 0.29) is 29.9 Å². The number of aliphatic hydroxyl groups excluding tert-OH is 1. The number of benzene rings is 2. The molecule has 1 saturated heterocycles. The third-order valence-electron chi connectivity index (χ3n) is 5.19. The first kappa shape index (κ1) is 24.1. The van der Waals surface area contributed by atoms with Crippen molar-refractivity contribution in [1.29, 1.82) is 0 Å². The molecule has 0 radical (unpaired) electrons. The maximum absolute atomic E-state index is 13.6. The number of aliphatic hydroxyl groups is 1. The fourth-order valence-corrected chi connectivity index (χ4v) is 5.24. The summed E-state index contributed by atoms with van der Waals surface area (Å²) < 4.78 is 81.0. The van der Waals surface area contributed by atoms with Gasteiger partial charge in [0.2, 0.25) is 10.0 Å². The van der Waals surface area contributed by atoms with Crippen molar-refractivity contribution >= 4 is 21.6 Å². The molecule has 32 heavy (non-hydrogen) atoms. The standard InChI is InChI=1S/C21H22F4N2O4S/c22-11-14-6-5-13(21(29)26-15-9-17(23)20(25)18(24)10-15)8-19(14)32(30,31)27-7-3-1-2-4-16(28)12-27/h5-6,8-10,16,28H,1-4,7,11-12H2,(H,26,29). The van der Waals surface area contributed by atoms with E-state index >= 15 is 0 Å². The number of hydrogen-bond donors (Lipinski definition) is 2. The van der Waals surface area contributed by atoms with Gasteiger partial charge in [-0.15, -0.1) is 0 Å². The number of rotatable bonds is 5. The topological polar surface area (TPSA) is 86.7 Å². The van der Waals surface area contributed by atoms with Crippen LogP contribution >= 0.6 is 0 Å². The van der Waals surface area contributed by atoms with Crippen LogP contribution < -0.4 is 5.32 Å². The zero-order chi connectivity index (χ0) is 23.5. The normalized spacial score (nSPS) is 18.1. The minimum absolute atomic E-state index is 0.135. The molecule has 1 aliphatic rings. The Balaban J connectivity index is 1.93. The van der Waals surface area contributed by atoms with E-state index in [0.717, 1.165) is 29.3 Å². The third kappa shape index (κ3) is 5.28. The van der Waals surface area contributed by atoms with Gasteiger partial charge in [0.05, 0.1) is 11.0 Å². The van der Waals surface area contributed by atoms with Crippen LogP contribution in [0.3, 0.4) is 0 Å². The van der Waals surface area contributed by atoms with E-state index in [1.807, 2.05) is 0 Å². The lowest BCUT2D eigenvalue weighted by molar-refractivity contribution is 0.102. The van der Waals surface area contributed by atoms with E-state index in [4.69, 9.17) is 0 Å². The molecule has 1 heterocycles. The summed E-state index contributed by atoms with van der Waals surface area (Å²) in [6.45, 7) is -1.13. The zero-order valence-corrected chi connectivity index (χ0v) is 17.8. The van der Waals surface area contributed by atoms with Crippen LogP contribution in [-0.2, 0) is 16.7 Å². The third-order valence-corrected chi connectivity index (χ3v) is 7.14. The summed E-state index contributed by atoms with van der Waals surface area (Å²) in [6.07, 6.45) is 1.64. The molecule has 1 atom stereocenters. The van der Waals surface area contributed by atoms with Gasteiger partial charge >= 0.3 is 0 Å². The summed E-state index contributed by atoms with van der Waals surface area (Å²) in [5.41, 5.74) is -0.757. The maximum Gasteiger partial charge on any atom is 0.255 e. The average molecular weight is 474 g/mol. The predicted octanol–water partition coefficient (Wildman–Crippen LogP) is 3.75. The second kappa shape index (κ2) is 9.97. The molecule has 0 saturated carbocycles. The van der Waals surface area contributed by atoms with Crippen LogP contribution in [0.15, 0.2) is 35.2 Å². The molecule has 2 N–H and O–H groups in total. The van der Waals surface area contributed by atoms with Crippen LogP contribution in [0.1, 0.15) is 41.6 Å². The highest BCUT2D eigenvalue weighted by molar-refractivity contribution is 7.89. The molecule has 1 aliphatic heterocycles. The molecule has 2 aromatic rings. The van der Waals surface area contributed by atoms with Crippen molar-refractivity contribution in [2.75, 3.05) is 18.4 Å². The Labute approximate surface area is 182 Å². The highest BCUT2D eigenvalue weighted by Crippen LogP contribution is 2.26. The molecule has 1 fully saturated rings. The number of sulfonamides is 1. The van der Waals surface area contributed by atoms with E-state index in [1.54, 1.807) is 0 Å². The van der Waals surface area contributed by atoms with Crippen LogP contribution in [0.4, 0.5) is 23.2 Å². The number of nitrogens with one attached hydrogen (secondary N) is 1. The van der Waals surface area contributed by atoms with Crippen LogP contribution in [0.5, 0.6) is 0 Å². The fourth-order valence-electron chi connectivity index (χ4n) is 3.50. The number of carbonyl (C=O) groups is 1. The Morgan fingerprint density at radius 2 is 1.78 bits per heavy atom. The van der Waals surface area contributed by atoms with E-state index in [0.29, 0.717) is 25.0 Å². The van der Waals surface area contributed by atoms with Crippen molar-refractivity contribution in [3.63, 3.8) is 0 Å². The number of carbonyl (C=O) groups excluding carboxylic acids is 1. The van der Waals surface area contributed by atoms with Gasteiger partial charge in [0.25, 0.3) is 5.91 Å². The molecule has 6 nitrogen and oxygen atoms in total. The summed E-state index contributed by atoms with van der Waals surface area (Å²) >= 11 is 0. The largest absolute Gasteiger partial charge is 0.392 e. The molecule has 2 aromatic carbocycles. The van der Waals surface area contributed by atoms with Gasteiger partial charge in [-0.3, -0.25) is 4.79 Å². The summed E-state index contributed by atoms with van der Waals surface area (Å²) in [7, 11) is -4.24. The van der Waals surface area contributed by atoms with Gasteiger partial charge in [-0.25, -0.2) is 26.0 Å². The number of alkyl halides is 1. The molecule has 11 heteroatoms. The van der Waals surface area contributed by atoms with Crippen molar-refractivity contribution in [1.82, 2.24) is 4.31 Å². The minimum atomic E-state index is -4.24. The van der Waals surface area contributed by atoms with E-state index < -0.39 is 51.1 Å². The van der Waals surface area contributed by atoms with Crippen LogP contribution in [0, 0.1) is 17.5 Å². The molecular weight excluding hydrogens is 452 g/mol. The second-order valence-corrected chi connectivity index (χ2v) is 9.44. The van der Waals surface area contributed by atoms with E-state index in [2.05, 4.69) is 5.32 Å². The summed E-state index contributed by atoms with van der Waals surface area (Å²) in [5.74, 6) is -5.64. The molecule has 0 aromatic heterocycles. The van der Waals surface area contributed by atoms with Crippen molar-refractivity contribution in [3.8, 4) is 0 Å². The number of amides is 1. The molecule has 0 aliphatic carbocycles. The lowest BCUT2D eigenvalue weighted by Crippen LogP contribution is -2.39. The highest BCUT2D eigenvalue weighted by atomic mass is 32.2. The van der Waals surface area contributed by atoms with Gasteiger partial charge in [0.15, 0.2) is 17.5 Å². The first-order valence-electron chi connectivity index (χ1n) is 9.96. The van der Waals surface area contributed by atoms with Gasteiger partial charge in [0, 0.05) is 42.0 Å². The number of hydrogen-bond acceptors (Lipinski definition) is 4. The highest BCUT2D eigenvalue weighted by Gasteiger charge is 2.30. The Kier molecular flexibility index (Phi) is 7.52. The quantitative estimate of drug-likeness (QED) is 0.511. The summed E-state index contributed by atoms with van der Waals surface area (Å²) in [5, 5.41) is 12.2. The van der Waals surface area contributed by atoms with E-state index in [9.17, 15) is 35.9 Å². The van der Waals surface area contributed by atoms with Crippen LogP contribution in [0.2, 0.25) is 0 Å². The predicted molar refractivity (Wildman–Crippen MR) is 109 cm³/mol. The molecule has 0 spiro atoms. The van der Waals surface area contributed by atoms with Gasteiger partial charge in [-0.2, -0.15) is 4.31 Å².